The third kappa shape index (κ3) is 3.61. The van der Waals surface area contributed by atoms with Gasteiger partial charge in [-0.05, 0) is 30.2 Å². The van der Waals surface area contributed by atoms with Crippen molar-refractivity contribution < 1.29 is 9.63 Å². The zero-order valence-corrected chi connectivity index (χ0v) is 16.6. The Morgan fingerprint density at radius 2 is 1.86 bits per heavy atom. The number of rotatable bonds is 5. The summed E-state index contributed by atoms with van der Waals surface area (Å²) >= 11 is 6.09. The first kappa shape index (κ1) is 18.9. The van der Waals surface area contributed by atoms with Crippen molar-refractivity contribution >= 4 is 17.4 Å². The number of imidazole rings is 1. The lowest BCUT2D eigenvalue weighted by Crippen LogP contribution is -2.30. The molecule has 0 unspecified atom stereocenters. The fourth-order valence-corrected chi connectivity index (χ4v) is 3.95. The molecule has 28 heavy (non-hydrogen) atoms. The number of carbonyl (C=O) groups is 1. The largest absolute Gasteiger partial charge is 0.332 e. The van der Waals surface area contributed by atoms with Crippen LogP contribution in [0.5, 0.6) is 0 Å². The zero-order chi connectivity index (χ0) is 19.7. The van der Waals surface area contributed by atoms with E-state index < -0.39 is 0 Å². The monoisotopic (exact) mass is 395 g/mol. The molecule has 1 saturated heterocycles. The molecule has 1 aliphatic heterocycles. The Hall–Kier alpha value is -2.47. The van der Waals surface area contributed by atoms with E-state index in [0.717, 1.165) is 11.1 Å². The normalized spacial score (nSPS) is 22.5. The molecule has 0 spiro atoms. The number of aromatic nitrogens is 2. The number of hydrogen-bond acceptors (Lipinski definition) is 4. The van der Waals surface area contributed by atoms with Crippen LogP contribution in [0.2, 0.25) is 5.02 Å². The lowest BCUT2D eigenvalue weighted by molar-refractivity contribution is -0.166. The van der Waals surface area contributed by atoms with Gasteiger partial charge in [-0.15, -0.1) is 0 Å². The van der Waals surface area contributed by atoms with Gasteiger partial charge in [-0.1, -0.05) is 54.1 Å². The molecule has 0 saturated carbocycles. The Kier molecular flexibility index (Phi) is 5.31. The zero-order valence-electron chi connectivity index (χ0n) is 15.8. The van der Waals surface area contributed by atoms with Crippen molar-refractivity contribution in [1.82, 2.24) is 14.6 Å². The average molecular weight is 396 g/mol. The van der Waals surface area contributed by atoms with Crippen molar-refractivity contribution in [1.29, 1.82) is 0 Å². The molecule has 2 heterocycles. The Morgan fingerprint density at radius 3 is 2.50 bits per heavy atom. The van der Waals surface area contributed by atoms with Gasteiger partial charge in [0.2, 0.25) is 5.78 Å². The Bertz CT molecular complexity index is 955. The molecule has 0 aliphatic carbocycles. The van der Waals surface area contributed by atoms with E-state index in [2.05, 4.69) is 17.1 Å². The number of halogens is 1. The molecule has 0 amide bonds. The maximum absolute atomic E-state index is 13.4. The summed E-state index contributed by atoms with van der Waals surface area (Å²) < 4.78 is 1.76. The number of nitrogens with zero attached hydrogens (tertiary/aromatic N) is 3. The molecular weight excluding hydrogens is 374 g/mol. The topological polar surface area (TPSA) is 47.4 Å². The maximum Gasteiger partial charge on any atom is 0.205 e. The summed E-state index contributed by atoms with van der Waals surface area (Å²) in [6.07, 6.45) is 3.16. The molecule has 144 valence electrons. The van der Waals surface area contributed by atoms with Crippen LogP contribution in [0.4, 0.5) is 0 Å². The van der Waals surface area contributed by atoms with Gasteiger partial charge in [0.15, 0.2) is 5.82 Å². The van der Waals surface area contributed by atoms with E-state index in [1.165, 1.54) is 0 Å². The molecule has 0 radical (unpaired) electrons. The van der Waals surface area contributed by atoms with Crippen LogP contribution in [0, 0.1) is 5.92 Å². The van der Waals surface area contributed by atoms with Crippen LogP contribution >= 0.6 is 11.6 Å². The van der Waals surface area contributed by atoms with E-state index in [4.69, 9.17) is 16.4 Å². The summed E-state index contributed by atoms with van der Waals surface area (Å²) in [6, 6.07) is 17.5. The van der Waals surface area contributed by atoms with Crippen molar-refractivity contribution in [2.45, 2.75) is 25.6 Å². The molecule has 6 heteroatoms. The van der Waals surface area contributed by atoms with E-state index in [9.17, 15) is 4.79 Å². The van der Waals surface area contributed by atoms with E-state index in [1.54, 1.807) is 17.0 Å². The van der Waals surface area contributed by atoms with Crippen molar-refractivity contribution in [2.24, 2.45) is 13.0 Å². The molecule has 1 aliphatic rings. The summed E-state index contributed by atoms with van der Waals surface area (Å²) in [5.74, 6) is 0.0578. The maximum atomic E-state index is 13.4. The van der Waals surface area contributed by atoms with Crippen LogP contribution in [0.25, 0.3) is 0 Å². The number of carbonyl (C=O) groups excluding carboxylic acids is 1. The van der Waals surface area contributed by atoms with Gasteiger partial charge < -0.3 is 4.57 Å². The first-order valence-electron chi connectivity index (χ1n) is 9.29. The van der Waals surface area contributed by atoms with Crippen LogP contribution < -0.4 is 0 Å². The summed E-state index contributed by atoms with van der Waals surface area (Å²) in [7, 11) is 1.83. The molecule has 0 bridgehead atoms. The fourth-order valence-electron chi connectivity index (χ4n) is 3.82. The molecule has 0 N–H and O–H groups in total. The lowest BCUT2D eigenvalue weighted by Gasteiger charge is -2.25. The van der Waals surface area contributed by atoms with Crippen molar-refractivity contribution in [3.05, 3.63) is 89.0 Å². The number of ketones is 1. The van der Waals surface area contributed by atoms with Gasteiger partial charge in [0.1, 0.15) is 0 Å². The standard InChI is InChI=1S/C22H22ClN3O2/c1-15-19(21(27)22-24-12-13-25(22)2)20(17-8-10-18(23)11-9-17)26(28-15)14-16-6-4-3-5-7-16/h3-13,15,19-20H,14H2,1-2H3/t15-,19-,20+/m1/s1. The second-order valence-electron chi connectivity index (χ2n) is 7.12. The summed E-state index contributed by atoms with van der Waals surface area (Å²) in [4.78, 5) is 23.8. The van der Waals surface area contributed by atoms with E-state index in [-0.39, 0.29) is 23.8 Å². The van der Waals surface area contributed by atoms with Crippen molar-refractivity contribution in [3.8, 4) is 0 Å². The Labute approximate surface area is 169 Å². The van der Waals surface area contributed by atoms with Crippen LogP contribution in [0.1, 0.15) is 34.7 Å². The highest BCUT2D eigenvalue weighted by Crippen LogP contribution is 2.42. The highest BCUT2D eigenvalue weighted by molar-refractivity contribution is 6.30. The van der Waals surface area contributed by atoms with Gasteiger partial charge in [-0.25, -0.2) is 4.98 Å². The number of hydrogen-bond donors (Lipinski definition) is 0. The summed E-state index contributed by atoms with van der Waals surface area (Å²) in [6.45, 7) is 2.53. The number of Topliss-reactive ketones (excluding diaryl/α,β-unsaturated/α-hetero) is 1. The smallest absolute Gasteiger partial charge is 0.205 e. The summed E-state index contributed by atoms with van der Waals surface area (Å²) in [5, 5.41) is 2.58. The second-order valence-corrected chi connectivity index (χ2v) is 7.56. The average Bonchev–Trinajstić information content (AvgIpc) is 3.26. The first-order valence-corrected chi connectivity index (χ1v) is 9.66. The molecule has 5 nitrogen and oxygen atoms in total. The van der Waals surface area contributed by atoms with Gasteiger partial charge in [0, 0.05) is 31.0 Å². The third-order valence-corrected chi connectivity index (χ3v) is 5.45. The van der Waals surface area contributed by atoms with Crippen LogP contribution in [0.3, 0.4) is 0 Å². The van der Waals surface area contributed by atoms with E-state index >= 15 is 0 Å². The van der Waals surface area contributed by atoms with E-state index in [1.807, 2.05) is 61.5 Å². The number of hydroxylamine groups is 2. The number of aryl methyl sites for hydroxylation is 1. The highest BCUT2D eigenvalue weighted by Gasteiger charge is 2.47. The first-order chi connectivity index (χ1) is 13.5. The van der Waals surface area contributed by atoms with Gasteiger partial charge >= 0.3 is 0 Å². The Morgan fingerprint density at radius 1 is 1.14 bits per heavy atom. The predicted octanol–water partition coefficient (Wildman–Crippen LogP) is 4.45. The summed E-state index contributed by atoms with van der Waals surface area (Å²) in [5.41, 5.74) is 2.12. The second kappa shape index (κ2) is 7.87. The van der Waals surface area contributed by atoms with Crippen LogP contribution in [-0.4, -0.2) is 26.5 Å². The molecule has 3 atom stereocenters. The quantitative estimate of drug-likeness (QED) is 0.599. The van der Waals surface area contributed by atoms with Gasteiger partial charge in [-0.2, -0.15) is 5.06 Å². The van der Waals surface area contributed by atoms with Crippen molar-refractivity contribution in [2.75, 3.05) is 0 Å². The van der Waals surface area contributed by atoms with Gasteiger partial charge in [0.05, 0.1) is 18.1 Å². The molecule has 4 rings (SSSR count). The molecular formula is C22H22ClN3O2. The SMILES string of the molecule is C[C@H]1ON(Cc2ccccc2)[C@@H](c2ccc(Cl)cc2)[C@@H]1C(=O)c1nccn1C. The fraction of sp³-hybridized carbons (Fsp3) is 0.273. The predicted molar refractivity (Wildman–Crippen MR) is 108 cm³/mol. The minimum Gasteiger partial charge on any atom is -0.332 e. The van der Waals surface area contributed by atoms with Gasteiger partial charge in [-0.3, -0.25) is 9.63 Å². The Balaban J connectivity index is 1.72. The lowest BCUT2D eigenvalue weighted by atomic mass is 9.86. The molecule has 1 fully saturated rings. The van der Waals surface area contributed by atoms with Gasteiger partial charge in [0.25, 0.3) is 0 Å². The number of benzene rings is 2. The molecule has 3 aromatic rings. The van der Waals surface area contributed by atoms with E-state index in [0.29, 0.717) is 17.4 Å². The van der Waals surface area contributed by atoms with Crippen molar-refractivity contribution in [3.63, 3.8) is 0 Å². The highest BCUT2D eigenvalue weighted by atomic mass is 35.5. The van der Waals surface area contributed by atoms with Crippen LogP contribution in [0.15, 0.2) is 67.0 Å². The minimum absolute atomic E-state index is 0.0180. The minimum atomic E-state index is -0.369. The molecule has 2 aromatic carbocycles. The van der Waals surface area contributed by atoms with Crippen LogP contribution in [-0.2, 0) is 18.4 Å². The molecule has 1 aromatic heterocycles. The third-order valence-electron chi connectivity index (χ3n) is 5.19.